The molecule has 2 aromatic heterocycles. The number of carbonyl (C=O) groups excluding carboxylic acids is 1. The topological polar surface area (TPSA) is 95.1 Å². The van der Waals surface area contributed by atoms with Crippen LogP contribution in [0.1, 0.15) is 19.4 Å². The lowest BCUT2D eigenvalue weighted by atomic mass is 10.2. The molecule has 0 radical (unpaired) electrons. The van der Waals surface area contributed by atoms with E-state index >= 15 is 0 Å². The van der Waals surface area contributed by atoms with Crippen LogP contribution >= 0.6 is 0 Å². The predicted molar refractivity (Wildman–Crippen MR) is 78.5 cm³/mol. The molecule has 112 valence electrons. The summed E-state index contributed by atoms with van der Waals surface area (Å²) in [6.07, 6.45) is 3.35. The molecule has 1 amide bonds. The number of amides is 1. The molecule has 21 heavy (non-hydrogen) atoms. The summed E-state index contributed by atoms with van der Waals surface area (Å²) in [4.78, 5) is 16.0. The largest absolute Gasteiger partial charge is 0.475 e. The monoisotopic (exact) mass is 289 g/mol. The number of rotatable bonds is 6. The number of nitrogens with zero attached hydrogens (tertiary/aromatic N) is 3. The maximum absolute atomic E-state index is 11.9. The molecule has 0 aliphatic rings. The van der Waals surface area contributed by atoms with Crippen LogP contribution in [0.4, 0.5) is 5.82 Å². The van der Waals surface area contributed by atoms with E-state index in [1.807, 2.05) is 26.0 Å². The number of hydrogen-bond donors (Lipinski definition) is 2. The second-order valence-electron chi connectivity index (χ2n) is 4.85. The van der Waals surface area contributed by atoms with E-state index in [2.05, 4.69) is 15.4 Å². The van der Waals surface area contributed by atoms with E-state index in [1.54, 1.807) is 18.5 Å². The van der Waals surface area contributed by atoms with E-state index in [9.17, 15) is 4.79 Å². The predicted octanol–water partition coefficient (Wildman–Crippen LogP) is 0.964. The standard InChI is InChI=1S/C14H19N5O2/c1-10(2)21-14-11(4-3-6-16-14)8-17-13(20)9-19-7-5-12(15)18-19/h3-7,10H,8-9H2,1-2H3,(H2,15,18)(H,17,20). The molecule has 2 aromatic rings. The number of nitrogens with one attached hydrogen (secondary N) is 1. The summed E-state index contributed by atoms with van der Waals surface area (Å²) in [6.45, 7) is 4.33. The van der Waals surface area contributed by atoms with Gasteiger partial charge in [0.05, 0.1) is 6.10 Å². The second-order valence-corrected chi connectivity index (χ2v) is 4.85. The van der Waals surface area contributed by atoms with Crippen molar-refractivity contribution in [2.75, 3.05) is 5.73 Å². The van der Waals surface area contributed by atoms with E-state index in [-0.39, 0.29) is 18.6 Å². The smallest absolute Gasteiger partial charge is 0.242 e. The fourth-order valence-corrected chi connectivity index (χ4v) is 1.75. The zero-order valence-corrected chi connectivity index (χ0v) is 12.1. The summed E-state index contributed by atoms with van der Waals surface area (Å²) in [6, 6.07) is 5.32. The van der Waals surface area contributed by atoms with Gasteiger partial charge < -0.3 is 15.8 Å². The maximum Gasteiger partial charge on any atom is 0.242 e. The van der Waals surface area contributed by atoms with Gasteiger partial charge in [0.25, 0.3) is 0 Å². The average Bonchev–Trinajstić information content (AvgIpc) is 2.82. The van der Waals surface area contributed by atoms with Crippen molar-refractivity contribution in [1.82, 2.24) is 20.1 Å². The van der Waals surface area contributed by atoms with E-state index < -0.39 is 0 Å². The van der Waals surface area contributed by atoms with E-state index in [1.165, 1.54) is 4.68 Å². The first-order valence-electron chi connectivity index (χ1n) is 6.71. The molecule has 0 spiro atoms. The molecule has 0 aromatic carbocycles. The van der Waals surface area contributed by atoms with Crippen molar-refractivity contribution >= 4 is 11.7 Å². The molecule has 3 N–H and O–H groups in total. The quantitative estimate of drug-likeness (QED) is 0.826. The van der Waals surface area contributed by atoms with Crippen LogP contribution in [-0.4, -0.2) is 26.8 Å². The van der Waals surface area contributed by atoms with Crippen molar-refractivity contribution < 1.29 is 9.53 Å². The van der Waals surface area contributed by atoms with Gasteiger partial charge in [-0.3, -0.25) is 9.48 Å². The number of carbonyl (C=O) groups is 1. The molecule has 0 aliphatic carbocycles. The van der Waals surface area contributed by atoms with Crippen LogP contribution < -0.4 is 15.8 Å². The summed E-state index contributed by atoms with van der Waals surface area (Å²) in [7, 11) is 0. The van der Waals surface area contributed by atoms with Crippen LogP contribution in [-0.2, 0) is 17.9 Å². The highest BCUT2D eigenvalue weighted by molar-refractivity contribution is 5.75. The molecule has 7 nitrogen and oxygen atoms in total. The molecule has 0 unspecified atom stereocenters. The number of ether oxygens (including phenoxy) is 1. The molecule has 2 rings (SSSR count). The number of anilines is 1. The van der Waals surface area contributed by atoms with Gasteiger partial charge in [-0.05, 0) is 26.0 Å². The molecule has 2 heterocycles. The highest BCUT2D eigenvalue weighted by Gasteiger charge is 2.09. The van der Waals surface area contributed by atoms with Crippen LogP contribution in [0.3, 0.4) is 0 Å². The number of nitrogen functional groups attached to an aromatic ring is 1. The summed E-state index contributed by atoms with van der Waals surface area (Å²) < 4.78 is 7.09. The van der Waals surface area contributed by atoms with Crippen LogP contribution in [0.5, 0.6) is 5.88 Å². The Labute approximate surface area is 123 Å². The molecule has 0 bridgehead atoms. The Kier molecular flexibility index (Phi) is 4.76. The normalized spacial score (nSPS) is 10.6. The molecular weight excluding hydrogens is 270 g/mol. The molecular formula is C14H19N5O2. The van der Waals surface area contributed by atoms with E-state index in [0.717, 1.165) is 5.56 Å². The van der Waals surface area contributed by atoms with Crippen LogP contribution in [0.25, 0.3) is 0 Å². The fraction of sp³-hybridized carbons (Fsp3) is 0.357. The Bertz CT molecular complexity index is 609. The highest BCUT2D eigenvalue weighted by atomic mass is 16.5. The highest BCUT2D eigenvalue weighted by Crippen LogP contribution is 2.15. The average molecular weight is 289 g/mol. The Morgan fingerprint density at radius 1 is 1.48 bits per heavy atom. The summed E-state index contributed by atoms with van der Waals surface area (Å²) in [5.41, 5.74) is 6.33. The first kappa shape index (κ1) is 14.8. The molecule has 0 fully saturated rings. The Balaban J connectivity index is 1.92. The summed E-state index contributed by atoms with van der Waals surface area (Å²) in [5.74, 6) is 0.774. The number of pyridine rings is 1. The van der Waals surface area contributed by atoms with Crippen molar-refractivity contribution in [2.24, 2.45) is 0 Å². The van der Waals surface area contributed by atoms with Gasteiger partial charge >= 0.3 is 0 Å². The Morgan fingerprint density at radius 3 is 2.95 bits per heavy atom. The third-order valence-electron chi connectivity index (χ3n) is 2.64. The van der Waals surface area contributed by atoms with Crippen molar-refractivity contribution in [1.29, 1.82) is 0 Å². The van der Waals surface area contributed by atoms with E-state index in [4.69, 9.17) is 10.5 Å². The fourth-order valence-electron chi connectivity index (χ4n) is 1.75. The number of hydrogen-bond acceptors (Lipinski definition) is 5. The van der Waals surface area contributed by atoms with Gasteiger partial charge in [0.1, 0.15) is 12.4 Å². The summed E-state index contributed by atoms with van der Waals surface area (Å²) >= 11 is 0. The first-order chi connectivity index (χ1) is 10.0. The molecule has 7 heteroatoms. The third kappa shape index (κ3) is 4.48. The van der Waals surface area contributed by atoms with Crippen molar-refractivity contribution in [3.8, 4) is 5.88 Å². The SMILES string of the molecule is CC(C)Oc1ncccc1CNC(=O)Cn1ccc(N)n1. The molecule has 0 aliphatic heterocycles. The minimum absolute atomic E-state index is 0.0291. The van der Waals surface area contributed by atoms with Crippen molar-refractivity contribution in [3.05, 3.63) is 36.2 Å². The second kappa shape index (κ2) is 6.74. The minimum atomic E-state index is -0.155. The van der Waals surface area contributed by atoms with Gasteiger partial charge in [-0.15, -0.1) is 0 Å². The van der Waals surface area contributed by atoms with Gasteiger partial charge in [0.15, 0.2) is 0 Å². The minimum Gasteiger partial charge on any atom is -0.475 e. The Hall–Kier alpha value is -2.57. The first-order valence-corrected chi connectivity index (χ1v) is 6.71. The number of aromatic nitrogens is 3. The zero-order valence-electron chi connectivity index (χ0n) is 12.1. The van der Waals surface area contributed by atoms with E-state index in [0.29, 0.717) is 18.2 Å². The Morgan fingerprint density at radius 2 is 2.29 bits per heavy atom. The van der Waals surface area contributed by atoms with Gasteiger partial charge in [-0.2, -0.15) is 5.10 Å². The molecule has 0 saturated carbocycles. The summed E-state index contributed by atoms with van der Waals surface area (Å²) in [5, 5.41) is 6.77. The van der Waals surface area contributed by atoms with Crippen LogP contribution in [0, 0.1) is 0 Å². The van der Waals surface area contributed by atoms with Crippen molar-refractivity contribution in [2.45, 2.75) is 33.0 Å². The van der Waals surface area contributed by atoms with Crippen molar-refractivity contribution in [3.63, 3.8) is 0 Å². The zero-order chi connectivity index (χ0) is 15.2. The number of nitrogens with two attached hydrogens (primary N) is 1. The lowest BCUT2D eigenvalue weighted by molar-refractivity contribution is -0.122. The van der Waals surface area contributed by atoms with Gasteiger partial charge in [-0.25, -0.2) is 4.98 Å². The molecule has 0 saturated heterocycles. The van der Waals surface area contributed by atoms with Gasteiger partial charge in [-0.1, -0.05) is 6.07 Å². The van der Waals surface area contributed by atoms with Gasteiger partial charge in [0.2, 0.25) is 11.8 Å². The van der Waals surface area contributed by atoms with Gasteiger partial charge in [0, 0.05) is 24.5 Å². The maximum atomic E-state index is 11.9. The van der Waals surface area contributed by atoms with Crippen LogP contribution in [0.2, 0.25) is 0 Å². The molecule has 0 atom stereocenters. The lowest BCUT2D eigenvalue weighted by Crippen LogP contribution is -2.27. The third-order valence-corrected chi connectivity index (χ3v) is 2.64. The van der Waals surface area contributed by atoms with Crippen LogP contribution in [0.15, 0.2) is 30.6 Å². The lowest BCUT2D eigenvalue weighted by Gasteiger charge is -2.13.